The highest BCUT2D eigenvalue weighted by molar-refractivity contribution is 6.30. The first kappa shape index (κ1) is 15.8. The van der Waals surface area contributed by atoms with Crippen LogP contribution in [0, 0.1) is 5.41 Å². The van der Waals surface area contributed by atoms with Crippen LogP contribution in [0.5, 0.6) is 0 Å². The van der Waals surface area contributed by atoms with Gasteiger partial charge in [0.15, 0.2) is 0 Å². The van der Waals surface area contributed by atoms with E-state index in [-0.39, 0.29) is 6.61 Å². The molecule has 0 fully saturated rings. The molecule has 19 heavy (non-hydrogen) atoms. The zero-order valence-electron chi connectivity index (χ0n) is 11.6. The normalized spacial score (nSPS) is 14.8. The second kappa shape index (κ2) is 5.39. The van der Waals surface area contributed by atoms with Gasteiger partial charge in [-0.15, -0.1) is 0 Å². The zero-order valence-corrected chi connectivity index (χ0v) is 12.4. The van der Waals surface area contributed by atoms with Crippen molar-refractivity contribution in [2.75, 3.05) is 11.5 Å². The van der Waals surface area contributed by atoms with Crippen molar-refractivity contribution in [3.8, 4) is 0 Å². The zero-order chi connectivity index (χ0) is 14.8. The SMILES string of the molecule is CC(C)(C)[C@@](C)(CO)N(C(=O)O)c1cccc(Cl)c1. The van der Waals surface area contributed by atoms with Crippen LogP contribution in [-0.2, 0) is 0 Å². The lowest BCUT2D eigenvalue weighted by atomic mass is 9.74. The molecule has 4 nitrogen and oxygen atoms in total. The topological polar surface area (TPSA) is 60.8 Å². The van der Waals surface area contributed by atoms with Crippen molar-refractivity contribution in [3.05, 3.63) is 29.3 Å². The fraction of sp³-hybridized carbons (Fsp3) is 0.500. The van der Waals surface area contributed by atoms with Gasteiger partial charge in [-0.1, -0.05) is 38.4 Å². The highest BCUT2D eigenvalue weighted by atomic mass is 35.5. The van der Waals surface area contributed by atoms with Crippen molar-refractivity contribution < 1.29 is 15.0 Å². The van der Waals surface area contributed by atoms with E-state index in [9.17, 15) is 15.0 Å². The van der Waals surface area contributed by atoms with E-state index < -0.39 is 17.0 Å². The van der Waals surface area contributed by atoms with E-state index in [4.69, 9.17) is 11.6 Å². The minimum absolute atomic E-state index is 0.282. The van der Waals surface area contributed by atoms with Gasteiger partial charge in [-0.05, 0) is 30.5 Å². The lowest BCUT2D eigenvalue weighted by Crippen LogP contribution is -2.60. The van der Waals surface area contributed by atoms with E-state index in [1.54, 1.807) is 31.2 Å². The van der Waals surface area contributed by atoms with Gasteiger partial charge >= 0.3 is 6.09 Å². The number of carboxylic acid groups (broad SMARTS) is 1. The average Bonchev–Trinajstić information content (AvgIpc) is 2.27. The predicted octanol–water partition coefficient (Wildman–Crippen LogP) is 3.62. The van der Waals surface area contributed by atoms with E-state index in [1.165, 1.54) is 4.90 Å². The van der Waals surface area contributed by atoms with E-state index in [0.717, 1.165) is 0 Å². The van der Waals surface area contributed by atoms with Crippen LogP contribution in [-0.4, -0.2) is 28.5 Å². The monoisotopic (exact) mass is 285 g/mol. The summed E-state index contributed by atoms with van der Waals surface area (Å²) in [5.74, 6) is 0. The summed E-state index contributed by atoms with van der Waals surface area (Å²) in [6, 6.07) is 6.61. The predicted molar refractivity (Wildman–Crippen MR) is 76.9 cm³/mol. The smallest absolute Gasteiger partial charge is 0.412 e. The molecule has 0 heterocycles. The van der Waals surface area contributed by atoms with Crippen LogP contribution in [0.25, 0.3) is 0 Å². The Hall–Kier alpha value is -1.26. The summed E-state index contributed by atoms with van der Waals surface area (Å²) in [5.41, 5.74) is -0.946. The van der Waals surface area contributed by atoms with Crippen LogP contribution >= 0.6 is 11.6 Å². The van der Waals surface area contributed by atoms with E-state index >= 15 is 0 Å². The molecule has 0 radical (unpaired) electrons. The molecule has 0 aromatic heterocycles. The number of nitrogens with zero attached hydrogens (tertiary/aromatic N) is 1. The molecule has 0 saturated carbocycles. The molecule has 1 rings (SSSR count). The Labute approximate surface area is 118 Å². The molecule has 1 aromatic carbocycles. The summed E-state index contributed by atoms with van der Waals surface area (Å²) in [5, 5.41) is 19.7. The number of hydrogen-bond donors (Lipinski definition) is 2. The molecule has 1 amide bonds. The third-order valence-electron chi connectivity index (χ3n) is 3.67. The Morgan fingerprint density at radius 2 is 1.89 bits per heavy atom. The van der Waals surface area contributed by atoms with Gasteiger partial charge in [0.05, 0.1) is 12.1 Å². The molecule has 0 bridgehead atoms. The lowest BCUT2D eigenvalue weighted by molar-refractivity contribution is 0.0960. The van der Waals surface area contributed by atoms with E-state index in [0.29, 0.717) is 10.7 Å². The quantitative estimate of drug-likeness (QED) is 0.891. The number of hydrogen-bond acceptors (Lipinski definition) is 2. The average molecular weight is 286 g/mol. The number of aliphatic hydroxyl groups is 1. The van der Waals surface area contributed by atoms with Crippen LogP contribution < -0.4 is 4.90 Å². The Morgan fingerprint density at radius 3 is 2.26 bits per heavy atom. The molecule has 0 unspecified atom stereocenters. The van der Waals surface area contributed by atoms with E-state index in [2.05, 4.69) is 0 Å². The van der Waals surface area contributed by atoms with Gasteiger partial charge in [0.1, 0.15) is 0 Å². The minimum atomic E-state index is -1.12. The molecule has 1 atom stereocenters. The van der Waals surface area contributed by atoms with Crippen molar-refractivity contribution >= 4 is 23.4 Å². The standard InChI is InChI=1S/C14H20ClNO3/c1-13(2,3)14(4,9-17)16(12(18)19)11-7-5-6-10(15)8-11/h5-8,17H,9H2,1-4H3,(H,18,19)/t14-/m1/s1. The second-order valence-electron chi connectivity index (χ2n) is 5.78. The highest BCUT2D eigenvalue weighted by Gasteiger charge is 2.45. The molecular formula is C14H20ClNO3. The largest absolute Gasteiger partial charge is 0.465 e. The maximum atomic E-state index is 11.6. The van der Waals surface area contributed by atoms with Crippen molar-refractivity contribution in [2.45, 2.75) is 33.2 Å². The summed E-state index contributed by atoms with van der Waals surface area (Å²) < 4.78 is 0. The molecule has 0 saturated heterocycles. The van der Waals surface area contributed by atoms with Crippen LogP contribution in [0.2, 0.25) is 5.02 Å². The van der Waals surface area contributed by atoms with Gasteiger partial charge in [0.25, 0.3) is 0 Å². The van der Waals surface area contributed by atoms with E-state index in [1.807, 2.05) is 20.8 Å². The van der Waals surface area contributed by atoms with Gasteiger partial charge < -0.3 is 10.2 Å². The number of rotatable bonds is 3. The molecule has 0 aliphatic carbocycles. The molecule has 106 valence electrons. The van der Waals surface area contributed by atoms with Crippen LogP contribution in [0.4, 0.5) is 10.5 Å². The fourth-order valence-corrected chi connectivity index (χ4v) is 2.05. The molecule has 0 aliphatic heterocycles. The van der Waals surface area contributed by atoms with Gasteiger partial charge in [0, 0.05) is 10.7 Å². The Morgan fingerprint density at radius 1 is 1.32 bits per heavy atom. The van der Waals surface area contributed by atoms with Crippen molar-refractivity contribution in [3.63, 3.8) is 0 Å². The molecular weight excluding hydrogens is 266 g/mol. The lowest BCUT2D eigenvalue weighted by Gasteiger charge is -2.47. The first-order valence-electron chi connectivity index (χ1n) is 6.03. The first-order valence-corrected chi connectivity index (χ1v) is 6.41. The Balaban J connectivity index is 3.40. The van der Waals surface area contributed by atoms with Gasteiger partial charge in [0.2, 0.25) is 0 Å². The van der Waals surface area contributed by atoms with Crippen LogP contribution in [0.3, 0.4) is 0 Å². The number of aliphatic hydroxyl groups excluding tert-OH is 1. The van der Waals surface area contributed by atoms with Crippen molar-refractivity contribution in [1.29, 1.82) is 0 Å². The number of benzene rings is 1. The summed E-state index contributed by atoms with van der Waals surface area (Å²) in [4.78, 5) is 12.8. The number of carbonyl (C=O) groups is 1. The van der Waals surface area contributed by atoms with Gasteiger partial charge in [-0.3, -0.25) is 4.90 Å². The summed E-state index contributed by atoms with van der Waals surface area (Å²) >= 11 is 5.92. The number of halogens is 1. The fourth-order valence-electron chi connectivity index (χ4n) is 1.86. The first-order chi connectivity index (χ1) is 8.63. The van der Waals surface area contributed by atoms with Crippen molar-refractivity contribution in [2.24, 2.45) is 5.41 Å². The summed E-state index contributed by atoms with van der Waals surface area (Å²) in [6.45, 7) is 7.12. The number of anilines is 1. The molecule has 2 N–H and O–H groups in total. The maximum absolute atomic E-state index is 11.6. The van der Waals surface area contributed by atoms with Crippen LogP contribution in [0.1, 0.15) is 27.7 Å². The molecule has 5 heteroatoms. The van der Waals surface area contributed by atoms with Gasteiger partial charge in [-0.2, -0.15) is 0 Å². The minimum Gasteiger partial charge on any atom is -0.465 e. The third-order valence-corrected chi connectivity index (χ3v) is 3.91. The van der Waals surface area contributed by atoms with Gasteiger partial charge in [-0.25, -0.2) is 4.79 Å². The summed E-state index contributed by atoms with van der Waals surface area (Å²) in [7, 11) is 0. The van der Waals surface area contributed by atoms with Crippen LogP contribution in [0.15, 0.2) is 24.3 Å². The highest BCUT2D eigenvalue weighted by Crippen LogP contribution is 2.38. The maximum Gasteiger partial charge on any atom is 0.412 e. The van der Waals surface area contributed by atoms with Crippen molar-refractivity contribution in [1.82, 2.24) is 0 Å². The third kappa shape index (κ3) is 3.01. The molecule has 0 spiro atoms. The summed E-state index contributed by atoms with van der Waals surface area (Å²) in [6.07, 6.45) is -1.12. The molecule has 0 aliphatic rings. The number of amides is 1. The molecule has 1 aromatic rings. The Bertz CT molecular complexity index is 470. The second-order valence-corrected chi connectivity index (χ2v) is 6.22. The Kier molecular flexibility index (Phi) is 4.48.